The summed E-state index contributed by atoms with van der Waals surface area (Å²) in [5.41, 5.74) is -0.681. The molecule has 1 N–H and O–H groups in total. The number of esters is 2. The van der Waals surface area contributed by atoms with Gasteiger partial charge in [0.15, 0.2) is 23.8 Å². The Morgan fingerprint density at radius 1 is 1.14 bits per heavy atom. The van der Waals surface area contributed by atoms with E-state index in [4.69, 9.17) is 28.4 Å². The lowest BCUT2D eigenvalue weighted by atomic mass is 9.48. The molecule has 0 amide bonds. The molecule has 5 fully saturated rings. The Kier molecular flexibility index (Phi) is 4.83. The predicted octanol–water partition coefficient (Wildman–Crippen LogP) is 2.16. The molecule has 3 aliphatic carbocycles. The Hall–Kier alpha value is -1.78. The van der Waals surface area contributed by atoms with Crippen molar-refractivity contribution in [1.29, 1.82) is 0 Å². The minimum atomic E-state index is -1.49. The van der Waals surface area contributed by atoms with Crippen LogP contribution in [0, 0.1) is 16.7 Å². The maximum absolute atomic E-state index is 12.5. The van der Waals surface area contributed by atoms with E-state index in [0.717, 1.165) is 17.6 Å². The number of hydrogen-bond acceptors (Lipinski definition) is 9. The SMILES string of the molecule is C=C[C@H]1O[C@H]2C[C@H]3OC[C@@]3(OC(C)=O)[C@H]3[C@@H]4OC(C)(O)[C@]45CCC(C)=C5[C@H](OC(C)=O)[C@H](O1)[C@]23C. The van der Waals surface area contributed by atoms with Gasteiger partial charge in [-0.15, -0.1) is 0 Å². The molecule has 9 heteroatoms. The van der Waals surface area contributed by atoms with Crippen LogP contribution in [0.2, 0.25) is 0 Å². The average molecular weight is 491 g/mol. The lowest BCUT2D eigenvalue weighted by Crippen LogP contribution is -2.82. The van der Waals surface area contributed by atoms with Crippen LogP contribution in [0.3, 0.4) is 0 Å². The molecule has 2 saturated carbocycles. The van der Waals surface area contributed by atoms with Crippen LogP contribution >= 0.6 is 0 Å². The topological polar surface area (TPSA) is 110 Å². The molecular weight excluding hydrogens is 456 g/mol. The highest BCUT2D eigenvalue weighted by Gasteiger charge is 2.83. The van der Waals surface area contributed by atoms with E-state index in [9.17, 15) is 14.7 Å². The molecule has 3 heterocycles. The number of carbonyl (C=O) groups is 2. The summed E-state index contributed by atoms with van der Waals surface area (Å²) in [6, 6.07) is 0. The fraction of sp³-hybridized carbons (Fsp3) is 0.769. The Morgan fingerprint density at radius 3 is 2.46 bits per heavy atom. The van der Waals surface area contributed by atoms with Gasteiger partial charge in [0.05, 0.1) is 24.2 Å². The maximum Gasteiger partial charge on any atom is 0.303 e. The van der Waals surface area contributed by atoms with Gasteiger partial charge in [0.1, 0.15) is 12.2 Å². The molecule has 6 aliphatic rings. The van der Waals surface area contributed by atoms with E-state index in [2.05, 4.69) is 6.58 Å². The van der Waals surface area contributed by atoms with Crippen LogP contribution in [0.5, 0.6) is 0 Å². The number of hydrogen-bond donors (Lipinski definition) is 1. The van der Waals surface area contributed by atoms with Gasteiger partial charge in [0.25, 0.3) is 0 Å². The molecule has 3 saturated heterocycles. The average Bonchev–Trinajstić information content (AvgIpc) is 3.11. The molecule has 9 nitrogen and oxygen atoms in total. The van der Waals surface area contributed by atoms with E-state index >= 15 is 0 Å². The van der Waals surface area contributed by atoms with E-state index in [0.29, 0.717) is 12.8 Å². The highest BCUT2D eigenvalue weighted by Crippen LogP contribution is 2.73. The zero-order chi connectivity index (χ0) is 25.1. The fourth-order valence-electron chi connectivity index (χ4n) is 8.43. The van der Waals surface area contributed by atoms with E-state index in [1.54, 1.807) is 13.0 Å². The number of allylic oxidation sites excluding steroid dienone is 1. The minimum absolute atomic E-state index is 0.218. The summed E-state index contributed by atoms with van der Waals surface area (Å²) >= 11 is 0. The zero-order valence-electron chi connectivity index (χ0n) is 20.9. The number of fused-ring (bicyclic) bond motifs is 3. The standard InChI is InChI=1S/C26H34O9/c1-7-17-32-15-10-16-26(11-30-16,34-14(4)28)20-22-25(24(6,29)35-22)9-8-12(2)18(25)19(31-13(3)27)21(33-17)23(15,20)5/h7,15-17,19-22,29H,1,8-11H2,2-6H3/t15-,16+,17-,19-,20-,21-,22-,23+,24?,25-,26-/m0/s1. The summed E-state index contributed by atoms with van der Waals surface area (Å²) in [6.45, 7) is 12.6. The van der Waals surface area contributed by atoms with Crippen molar-refractivity contribution in [3.8, 4) is 0 Å². The lowest BCUT2D eigenvalue weighted by Gasteiger charge is -2.70. The first-order valence-electron chi connectivity index (χ1n) is 12.4. The van der Waals surface area contributed by atoms with Gasteiger partial charge in [-0.3, -0.25) is 9.59 Å². The predicted molar refractivity (Wildman–Crippen MR) is 120 cm³/mol. The first kappa shape index (κ1) is 23.6. The van der Waals surface area contributed by atoms with E-state index < -0.39 is 64.7 Å². The third-order valence-electron chi connectivity index (χ3n) is 9.75. The summed E-state index contributed by atoms with van der Waals surface area (Å²) in [5.74, 6) is -2.77. The van der Waals surface area contributed by atoms with Crippen molar-refractivity contribution in [2.24, 2.45) is 16.7 Å². The second-order valence-electron chi connectivity index (χ2n) is 11.4. The second kappa shape index (κ2) is 7.16. The van der Waals surface area contributed by atoms with Crippen molar-refractivity contribution in [3.63, 3.8) is 0 Å². The van der Waals surface area contributed by atoms with Gasteiger partial charge < -0.3 is 33.5 Å². The van der Waals surface area contributed by atoms with Crippen molar-refractivity contribution in [2.45, 2.75) is 102 Å². The van der Waals surface area contributed by atoms with Crippen molar-refractivity contribution >= 4 is 11.9 Å². The lowest BCUT2D eigenvalue weighted by molar-refractivity contribution is -0.450. The molecule has 192 valence electrons. The van der Waals surface area contributed by atoms with Crippen LogP contribution in [0.4, 0.5) is 0 Å². The molecule has 11 atom stereocenters. The van der Waals surface area contributed by atoms with Gasteiger partial charge >= 0.3 is 11.9 Å². The molecule has 0 aromatic heterocycles. The highest BCUT2D eigenvalue weighted by molar-refractivity contribution is 5.68. The van der Waals surface area contributed by atoms with Gasteiger partial charge in [-0.05, 0) is 38.3 Å². The van der Waals surface area contributed by atoms with E-state index in [1.807, 2.05) is 13.8 Å². The first-order chi connectivity index (χ1) is 16.4. The molecule has 0 bridgehead atoms. The van der Waals surface area contributed by atoms with Crippen molar-refractivity contribution < 1.29 is 43.1 Å². The maximum atomic E-state index is 12.5. The molecule has 6 rings (SSSR count). The summed E-state index contributed by atoms with van der Waals surface area (Å²) in [6.07, 6.45) is 0.0367. The third kappa shape index (κ3) is 2.66. The van der Waals surface area contributed by atoms with Crippen molar-refractivity contribution in [3.05, 3.63) is 23.8 Å². The Morgan fingerprint density at radius 2 is 1.89 bits per heavy atom. The van der Waals surface area contributed by atoms with Crippen molar-refractivity contribution in [1.82, 2.24) is 0 Å². The number of ether oxygens (including phenoxy) is 6. The van der Waals surface area contributed by atoms with Gasteiger partial charge in [-0.2, -0.15) is 0 Å². The van der Waals surface area contributed by atoms with Crippen LogP contribution < -0.4 is 0 Å². The summed E-state index contributed by atoms with van der Waals surface area (Å²) < 4.78 is 37.4. The zero-order valence-corrected chi connectivity index (χ0v) is 20.9. The smallest absolute Gasteiger partial charge is 0.303 e. The van der Waals surface area contributed by atoms with Crippen molar-refractivity contribution in [2.75, 3.05) is 6.61 Å². The Labute approximate surface area is 204 Å². The van der Waals surface area contributed by atoms with Gasteiger partial charge in [0, 0.05) is 31.6 Å². The fourth-order valence-corrected chi connectivity index (χ4v) is 8.43. The molecule has 0 aromatic rings. The normalized spacial score (nSPS) is 53.5. The molecule has 0 aromatic carbocycles. The largest absolute Gasteiger partial charge is 0.455 e. The molecule has 35 heavy (non-hydrogen) atoms. The second-order valence-corrected chi connectivity index (χ2v) is 11.4. The van der Waals surface area contributed by atoms with E-state index in [-0.39, 0.29) is 18.8 Å². The van der Waals surface area contributed by atoms with Crippen LogP contribution in [-0.2, 0) is 38.0 Å². The van der Waals surface area contributed by atoms with Crippen LogP contribution in [0.1, 0.15) is 53.9 Å². The van der Waals surface area contributed by atoms with Gasteiger partial charge in [-0.25, -0.2) is 0 Å². The van der Waals surface area contributed by atoms with Crippen LogP contribution in [0.15, 0.2) is 23.8 Å². The monoisotopic (exact) mass is 490 g/mol. The minimum Gasteiger partial charge on any atom is -0.455 e. The molecular formula is C26H34O9. The van der Waals surface area contributed by atoms with E-state index in [1.165, 1.54) is 13.8 Å². The Balaban J connectivity index is 1.63. The third-order valence-corrected chi connectivity index (χ3v) is 9.75. The van der Waals surface area contributed by atoms with Gasteiger partial charge in [0.2, 0.25) is 0 Å². The van der Waals surface area contributed by atoms with Gasteiger partial charge in [-0.1, -0.05) is 19.1 Å². The number of aliphatic hydroxyl groups is 1. The quantitative estimate of drug-likeness (QED) is 0.470. The first-order valence-corrected chi connectivity index (χ1v) is 12.4. The molecule has 1 spiro atoms. The molecule has 0 radical (unpaired) electrons. The van der Waals surface area contributed by atoms with Crippen LogP contribution in [-0.4, -0.2) is 71.9 Å². The summed E-state index contributed by atoms with van der Waals surface area (Å²) in [5, 5.41) is 11.6. The number of carbonyl (C=O) groups excluding carboxylic acids is 2. The molecule has 3 aliphatic heterocycles. The van der Waals surface area contributed by atoms with Crippen LogP contribution in [0.25, 0.3) is 0 Å². The Bertz CT molecular complexity index is 1030. The summed E-state index contributed by atoms with van der Waals surface area (Å²) in [7, 11) is 0. The highest BCUT2D eigenvalue weighted by atomic mass is 16.7. The molecule has 1 unspecified atom stereocenters. The summed E-state index contributed by atoms with van der Waals surface area (Å²) in [4.78, 5) is 24.9. The number of rotatable bonds is 3.